The Balaban J connectivity index is 1.99. The molecule has 2 rings (SSSR count). The quantitative estimate of drug-likeness (QED) is 0.800. The van der Waals surface area contributed by atoms with Gasteiger partial charge in [-0.1, -0.05) is 48.0 Å². The van der Waals surface area contributed by atoms with Crippen molar-refractivity contribution in [3.05, 3.63) is 59.1 Å². The lowest BCUT2D eigenvalue weighted by Crippen LogP contribution is -2.17. The van der Waals surface area contributed by atoms with Crippen molar-refractivity contribution >= 4 is 29.3 Å². The Morgan fingerprint density at radius 3 is 2.09 bits per heavy atom. The minimum absolute atomic E-state index is 0.112. The zero-order valence-corrected chi connectivity index (χ0v) is 13.5. The molecule has 0 unspecified atom stereocenters. The molecule has 0 aliphatic rings. The summed E-state index contributed by atoms with van der Waals surface area (Å²) in [7, 11) is 0. The Labute approximate surface area is 138 Å². The number of halogens is 1. The fraction of sp³-hybridized carbons (Fsp3) is 0.235. The molecule has 0 radical (unpaired) electrons. The first-order valence-electron chi connectivity index (χ1n) is 6.90. The van der Waals surface area contributed by atoms with Gasteiger partial charge >= 0.3 is 5.97 Å². The molecular weight excluding hydrogens is 320 g/mol. The van der Waals surface area contributed by atoms with Crippen LogP contribution in [0.4, 0.5) is 0 Å². The van der Waals surface area contributed by atoms with E-state index in [2.05, 4.69) is 0 Å². The second-order valence-electron chi connectivity index (χ2n) is 4.85. The van der Waals surface area contributed by atoms with Crippen molar-refractivity contribution in [1.82, 2.24) is 0 Å². The Morgan fingerprint density at radius 1 is 1.05 bits per heavy atom. The summed E-state index contributed by atoms with van der Waals surface area (Å²) in [5, 5.41) is 18.1. The van der Waals surface area contributed by atoms with E-state index in [-0.39, 0.29) is 13.0 Å². The zero-order chi connectivity index (χ0) is 15.9. The van der Waals surface area contributed by atoms with Crippen LogP contribution < -0.4 is 0 Å². The molecule has 0 aliphatic carbocycles. The standard InChI is InChI=1S/C17H17ClO3S/c18-15-7-5-14(6-8-15)13-3-1-12(2-4-13)11-22-16(9-10-19)17(20)21/h1-8,16,19H,9-11H2,(H,20,21)/t16-/m0/s1. The SMILES string of the molecule is O=C(O)[C@H](CCO)SCc1ccc(-c2ccc(Cl)cc2)cc1. The first-order chi connectivity index (χ1) is 10.6. The van der Waals surface area contributed by atoms with Crippen molar-refractivity contribution in [2.24, 2.45) is 0 Å². The molecule has 22 heavy (non-hydrogen) atoms. The Kier molecular flexibility index (Phi) is 6.31. The van der Waals surface area contributed by atoms with Crippen LogP contribution in [0.25, 0.3) is 11.1 Å². The third-order valence-electron chi connectivity index (χ3n) is 3.25. The van der Waals surface area contributed by atoms with Crippen LogP contribution in [0.15, 0.2) is 48.5 Å². The van der Waals surface area contributed by atoms with Crippen LogP contribution in [0, 0.1) is 0 Å². The van der Waals surface area contributed by atoms with E-state index in [4.69, 9.17) is 21.8 Å². The van der Waals surface area contributed by atoms with Gasteiger partial charge in [0.1, 0.15) is 5.25 Å². The maximum absolute atomic E-state index is 11.0. The van der Waals surface area contributed by atoms with Gasteiger partial charge < -0.3 is 10.2 Å². The number of hydrogen-bond donors (Lipinski definition) is 2. The molecule has 2 aromatic carbocycles. The summed E-state index contributed by atoms with van der Waals surface area (Å²) in [5.41, 5.74) is 3.25. The number of rotatable bonds is 7. The molecule has 2 N–H and O–H groups in total. The lowest BCUT2D eigenvalue weighted by atomic mass is 10.0. The highest BCUT2D eigenvalue weighted by atomic mass is 35.5. The summed E-state index contributed by atoms with van der Waals surface area (Å²) in [4.78, 5) is 11.0. The fourth-order valence-electron chi connectivity index (χ4n) is 2.03. The molecule has 3 nitrogen and oxygen atoms in total. The first kappa shape index (κ1) is 16.9. The molecule has 0 bridgehead atoms. The normalized spacial score (nSPS) is 12.1. The number of carbonyl (C=O) groups is 1. The van der Waals surface area contributed by atoms with Gasteiger partial charge in [-0.25, -0.2) is 0 Å². The van der Waals surface area contributed by atoms with Crippen LogP contribution in [-0.2, 0) is 10.5 Å². The van der Waals surface area contributed by atoms with Gasteiger partial charge in [-0.2, -0.15) is 0 Å². The molecule has 0 amide bonds. The van der Waals surface area contributed by atoms with E-state index in [0.717, 1.165) is 16.7 Å². The maximum atomic E-state index is 11.0. The minimum Gasteiger partial charge on any atom is -0.480 e. The van der Waals surface area contributed by atoms with Crippen molar-refractivity contribution < 1.29 is 15.0 Å². The van der Waals surface area contributed by atoms with E-state index in [1.807, 2.05) is 48.5 Å². The van der Waals surface area contributed by atoms with Crippen LogP contribution in [0.1, 0.15) is 12.0 Å². The fourth-order valence-corrected chi connectivity index (χ4v) is 3.15. The number of aliphatic hydroxyl groups is 1. The molecular formula is C17H17ClO3S. The average Bonchev–Trinajstić information content (AvgIpc) is 2.52. The summed E-state index contributed by atoms with van der Waals surface area (Å²) in [6.45, 7) is -0.112. The lowest BCUT2D eigenvalue weighted by Gasteiger charge is -2.10. The van der Waals surface area contributed by atoms with Crippen molar-refractivity contribution in [2.45, 2.75) is 17.4 Å². The van der Waals surface area contributed by atoms with Crippen molar-refractivity contribution in [3.8, 4) is 11.1 Å². The van der Waals surface area contributed by atoms with E-state index >= 15 is 0 Å². The summed E-state index contributed by atoms with van der Waals surface area (Å²) >= 11 is 7.21. The molecule has 2 aromatic rings. The average molecular weight is 337 g/mol. The van der Waals surface area contributed by atoms with E-state index in [0.29, 0.717) is 10.8 Å². The molecule has 0 aromatic heterocycles. The number of thioether (sulfide) groups is 1. The van der Waals surface area contributed by atoms with Crippen LogP contribution in [0.3, 0.4) is 0 Å². The molecule has 0 saturated heterocycles. The summed E-state index contributed by atoms with van der Waals surface area (Å²) in [5.74, 6) is -0.269. The monoisotopic (exact) mass is 336 g/mol. The second kappa shape index (κ2) is 8.22. The van der Waals surface area contributed by atoms with E-state index in [9.17, 15) is 4.79 Å². The number of aliphatic hydroxyl groups excluding tert-OH is 1. The van der Waals surface area contributed by atoms with Gasteiger partial charge in [0.05, 0.1) is 0 Å². The molecule has 0 aliphatic heterocycles. The number of benzene rings is 2. The van der Waals surface area contributed by atoms with Crippen molar-refractivity contribution in [3.63, 3.8) is 0 Å². The van der Waals surface area contributed by atoms with Gasteiger partial charge in [-0.3, -0.25) is 4.79 Å². The van der Waals surface area contributed by atoms with E-state index in [1.165, 1.54) is 11.8 Å². The van der Waals surface area contributed by atoms with Gasteiger partial charge in [0.2, 0.25) is 0 Å². The molecule has 0 fully saturated rings. The van der Waals surface area contributed by atoms with Gasteiger partial charge in [-0.15, -0.1) is 11.8 Å². The van der Waals surface area contributed by atoms with Gasteiger partial charge in [0, 0.05) is 17.4 Å². The minimum atomic E-state index is -0.878. The molecule has 1 atom stereocenters. The first-order valence-corrected chi connectivity index (χ1v) is 8.33. The molecule has 0 saturated carbocycles. The topological polar surface area (TPSA) is 57.5 Å². The molecule has 5 heteroatoms. The van der Waals surface area contributed by atoms with E-state index in [1.54, 1.807) is 0 Å². The Bertz CT molecular complexity index is 611. The predicted octanol–water partition coefficient (Wildman–Crippen LogP) is 4.08. The highest BCUT2D eigenvalue weighted by Gasteiger charge is 2.17. The van der Waals surface area contributed by atoms with Crippen molar-refractivity contribution in [1.29, 1.82) is 0 Å². The molecule has 0 spiro atoms. The third kappa shape index (κ3) is 4.77. The smallest absolute Gasteiger partial charge is 0.316 e. The Hall–Kier alpha value is -1.49. The summed E-state index contributed by atoms with van der Waals surface area (Å²) < 4.78 is 0. The van der Waals surface area contributed by atoms with E-state index < -0.39 is 11.2 Å². The van der Waals surface area contributed by atoms with Crippen LogP contribution in [0.5, 0.6) is 0 Å². The van der Waals surface area contributed by atoms with Crippen LogP contribution >= 0.6 is 23.4 Å². The summed E-state index contributed by atoms with van der Waals surface area (Å²) in [6.07, 6.45) is 0.267. The third-order valence-corrected chi connectivity index (χ3v) is 4.84. The van der Waals surface area contributed by atoms with Crippen LogP contribution in [0.2, 0.25) is 5.02 Å². The number of hydrogen-bond acceptors (Lipinski definition) is 3. The van der Waals surface area contributed by atoms with Gasteiger partial charge in [0.15, 0.2) is 0 Å². The molecule has 116 valence electrons. The number of carboxylic acid groups (broad SMARTS) is 1. The lowest BCUT2D eigenvalue weighted by molar-refractivity contribution is -0.136. The highest BCUT2D eigenvalue weighted by molar-refractivity contribution is 7.99. The largest absolute Gasteiger partial charge is 0.480 e. The molecule has 0 heterocycles. The Morgan fingerprint density at radius 2 is 1.59 bits per heavy atom. The number of aliphatic carboxylic acids is 1. The van der Waals surface area contributed by atoms with Gasteiger partial charge in [-0.05, 0) is 35.2 Å². The van der Waals surface area contributed by atoms with Crippen molar-refractivity contribution in [2.75, 3.05) is 6.61 Å². The van der Waals surface area contributed by atoms with Gasteiger partial charge in [0.25, 0.3) is 0 Å². The maximum Gasteiger partial charge on any atom is 0.316 e. The van der Waals surface area contributed by atoms with Crippen LogP contribution in [-0.4, -0.2) is 28.0 Å². The second-order valence-corrected chi connectivity index (χ2v) is 6.48. The predicted molar refractivity (Wildman–Crippen MR) is 91.3 cm³/mol. The zero-order valence-electron chi connectivity index (χ0n) is 11.9. The summed E-state index contributed by atoms with van der Waals surface area (Å²) in [6, 6.07) is 15.7. The highest BCUT2D eigenvalue weighted by Crippen LogP contribution is 2.25. The number of carboxylic acids is 1.